The van der Waals surface area contributed by atoms with E-state index in [1.165, 1.54) is 0 Å². The van der Waals surface area contributed by atoms with Gasteiger partial charge in [-0.3, -0.25) is 4.79 Å². The van der Waals surface area contributed by atoms with Crippen molar-refractivity contribution in [3.63, 3.8) is 0 Å². The number of nitrogens with one attached hydrogen (secondary N) is 1. The van der Waals surface area contributed by atoms with Crippen molar-refractivity contribution in [2.24, 2.45) is 5.92 Å². The molecule has 25 heavy (non-hydrogen) atoms. The third-order valence-corrected chi connectivity index (χ3v) is 4.27. The van der Waals surface area contributed by atoms with E-state index >= 15 is 0 Å². The molecule has 136 valence electrons. The molecule has 2 atom stereocenters. The van der Waals surface area contributed by atoms with Crippen LogP contribution < -0.4 is 10.1 Å². The predicted molar refractivity (Wildman–Crippen MR) is 98.5 cm³/mol. The molecular weight excluding hydrogens is 316 g/mol. The number of hydrogen-bond donors (Lipinski definition) is 2. The summed E-state index contributed by atoms with van der Waals surface area (Å²) >= 11 is 0. The summed E-state index contributed by atoms with van der Waals surface area (Å²) < 4.78 is 5.31. The summed E-state index contributed by atoms with van der Waals surface area (Å²) in [5, 5.41) is 13.3. The molecule has 5 heteroatoms. The zero-order valence-corrected chi connectivity index (χ0v) is 15.1. The smallest absolute Gasteiger partial charge is 0.251 e. The maximum absolute atomic E-state index is 12.5. The third kappa shape index (κ3) is 6.08. The predicted octanol–water partition coefficient (Wildman–Crippen LogP) is 1.91. The molecule has 1 aliphatic rings. The number of aliphatic hydroxyl groups excluding tert-OH is 1. The van der Waals surface area contributed by atoms with Gasteiger partial charge in [0.15, 0.2) is 0 Å². The van der Waals surface area contributed by atoms with Crippen molar-refractivity contribution in [2.45, 2.75) is 38.8 Å². The number of terminal acetylenes is 1. The molecule has 1 aromatic rings. The van der Waals surface area contributed by atoms with Gasteiger partial charge in [0, 0.05) is 18.7 Å². The van der Waals surface area contributed by atoms with Crippen LogP contribution in [-0.2, 0) is 0 Å². The number of carbonyl (C=O) groups is 1. The first-order chi connectivity index (χ1) is 12.0. The van der Waals surface area contributed by atoms with E-state index in [-0.39, 0.29) is 18.6 Å². The topological polar surface area (TPSA) is 61.8 Å². The quantitative estimate of drug-likeness (QED) is 0.774. The Kier molecular flexibility index (Phi) is 7.30. The Hall–Kier alpha value is -2.03. The second-order valence-corrected chi connectivity index (χ2v) is 6.96. The van der Waals surface area contributed by atoms with E-state index in [2.05, 4.69) is 30.0 Å². The first-order valence-corrected chi connectivity index (χ1v) is 8.87. The molecule has 1 amide bonds. The lowest BCUT2D eigenvalue weighted by Gasteiger charge is -2.28. The van der Waals surface area contributed by atoms with Gasteiger partial charge in [0.2, 0.25) is 0 Å². The Labute approximate surface area is 150 Å². The lowest BCUT2D eigenvalue weighted by Crippen LogP contribution is -2.49. The average molecular weight is 344 g/mol. The summed E-state index contributed by atoms with van der Waals surface area (Å²) in [5.74, 6) is 3.41. The largest absolute Gasteiger partial charge is 0.481 e. The van der Waals surface area contributed by atoms with Crippen molar-refractivity contribution in [2.75, 3.05) is 26.2 Å². The van der Waals surface area contributed by atoms with Crippen LogP contribution in [0.5, 0.6) is 5.75 Å². The van der Waals surface area contributed by atoms with Crippen LogP contribution in [0.15, 0.2) is 24.3 Å². The molecule has 2 rings (SSSR count). The molecule has 0 aromatic heterocycles. The first-order valence-electron chi connectivity index (χ1n) is 8.87. The van der Waals surface area contributed by atoms with Gasteiger partial charge in [-0.25, -0.2) is 0 Å². The lowest BCUT2D eigenvalue weighted by atomic mass is 10.1. The zero-order valence-electron chi connectivity index (χ0n) is 15.1. The molecule has 0 saturated carbocycles. The highest BCUT2D eigenvalue weighted by molar-refractivity contribution is 5.94. The van der Waals surface area contributed by atoms with Gasteiger partial charge in [-0.1, -0.05) is 19.8 Å². The minimum atomic E-state index is -0.514. The molecule has 0 aliphatic carbocycles. The molecule has 5 nitrogen and oxygen atoms in total. The van der Waals surface area contributed by atoms with Crippen molar-refractivity contribution in [3.05, 3.63) is 29.8 Å². The van der Waals surface area contributed by atoms with E-state index in [9.17, 15) is 9.90 Å². The van der Waals surface area contributed by atoms with Crippen LogP contribution in [0.4, 0.5) is 0 Å². The highest BCUT2D eigenvalue weighted by atomic mass is 16.5. The van der Waals surface area contributed by atoms with Crippen LogP contribution in [-0.4, -0.2) is 54.3 Å². The van der Waals surface area contributed by atoms with Gasteiger partial charge < -0.3 is 20.1 Å². The molecule has 0 unspecified atom stereocenters. The number of benzene rings is 1. The number of amides is 1. The maximum atomic E-state index is 12.5. The van der Waals surface area contributed by atoms with Crippen LogP contribution in [0.1, 0.15) is 37.0 Å². The Morgan fingerprint density at radius 3 is 2.80 bits per heavy atom. The number of rotatable bonds is 6. The van der Waals surface area contributed by atoms with E-state index < -0.39 is 6.10 Å². The summed E-state index contributed by atoms with van der Waals surface area (Å²) in [4.78, 5) is 14.8. The normalized spacial score (nSPS) is 21.4. The first kappa shape index (κ1) is 19.3. The number of aliphatic hydroxyl groups is 1. The fourth-order valence-corrected chi connectivity index (χ4v) is 3.12. The van der Waals surface area contributed by atoms with Gasteiger partial charge in [-0.2, -0.15) is 0 Å². The minimum absolute atomic E-state index is 0.182. The molecule has 1 heterocycles. The standard InChI is InChI=1S/C20H28N2O3/c1-4-12-25-17-9-7-16(8-10-17)20(24)21-18-14-22(13-15(2)3)11-5-6-19(18)23/h1,7-10,15,18-19,23H,5-6,11-14H2,2-3H3,(H,21,24)/t18-,19-/m1/s1. The van der Waals surface area contributed by atoms with Gasteiger partial charge in [-0.05, 0) is 49.6 Å². The van der Waals surface area contributed by atoms with E-state index in [0.29, 0.717) is 30.2 Å². The molecule has 2 N–H and O–H groups in total. The maximum Gasteiger partial charge on any atom is 0.251 e. The number of hydrogen-bond acceptors (Lipinski definition) is 4. The Bertz CT molecular complexity index is 592. The highest BCUT2D eigenvalue weighted by Crippen LogP contribution is 2.15. The Morgan fingerprint density at radius 2 is 2.16 bits per heavy atom. The fraction of sp³-hybridized carbons (Fsp3) is 0.550. The van der Waals surface area contributed by atoms with Gasteiger partial charge in [0.25, 0.3) is 5.91 Å². The van der Waals surface area contributed by atoms with Crippen molar-refractivity contribution in [1.29, 1.82) is 0 Å². The van der Waals surface area contributed by atoms with Crippen LogP contribution >= 0.6 is 0 Å². The highest BCUT2D eigenvalue weighted by Gasteiger charge is 2.27. The summed E-state index contributed by atoms with van der Waals surface area (Å²) in [6, 6.07) is 6.60. The van der Waals surface area contributed by atoms with Crippen LogP contribution in [0.2, 0.25) is 0 Å². The molecule has 1 aromatic carbocycles. The molecule has 0 bridgehead atoms. The van der Waals surface area contributed by atoms with Crippen molar-refractivity contribution >= 4 is 5.91 Å². The molecule has 1 saturated heterocycles. The van der Waals surface area contributed by atoms with E-state index in [0.717, 1.165) is 19.5 Å². The SMILES string of the molecule is C#CCOc1ccc(C(=O)N[C@@H]2CN(CC(C)C)CCC[C@H]2O)cc1. The Balaban J connectivity index is 1.98. The second kappa shape index (κ2) is 9.45. The second-order valence-electron chi connectivity index (χ2n) is 6.96. The monoisotopic (exact) mass is 344 g/mol. The number of likely N-dealkylation sites (tertiary alicyclic amines) is 1. The summed E-state index contributed by atoms with van der Waals surface area (Å²) in [6.07, 6.45) is 6.30. The lowest BCUT2D eigenvalue weighted by molar-refractivity contribution is 0.0796. The minimum Gasteiger partial charge on any atom is -0.481 e. The van der Waals surface area contributed by atoms with Crippen LogP contribution in [0.3, 0.4) is 0 Å². The van der Waals surface area contributed by atoms with E-state index in [1.54, 1.807) is 24.3 Å². The van der Waals surface area contributed by atoms with E-state index in [4.69, 9.17) is 11.2 Å². The molecule has 0 radical (unpaired) electrons. The zero-order chi connectivity index (χ0) is 18.2. The van der Waals surface area contributed by atoms with E-state index in [1.807, 2.05) is 0 Å². The number of ether oxygens (including phenoxy) is 1. The number of nitrogens with zero attached hydrogens (tertiary/aromatic N) is 1. The van der Waals surface area contributed by atoms with Gasteiger partial charge in [0.1, 0.15) is 12.4 Å². The summed E-state index contributed by atoms with van der Waals surface area (Å²) in [5.41, 5.74) is 0.542. The molecular formula is C20H28N2O3. The molecule has 1 aliphatic heterocycles. The summed E-state index contributed by atoms with van der Waals surface area (Å²) in [7, 11) is 0. The number of carbonyl (C=O) groups excluding carboxylic acids is 1. The van der Waals surface area contributed by atoms with Gasteiger partial charge in [-0.15, -0.1) is 6.42 Å². The molecule has 1 fully saturated rings. The Morgan fingerprint density at radius 1 is 1.44 bits per heavy atom. The van der Waals surface area contributed by atoms with Crippen molar-refractivity contribution < 1.29 is 14.6 Å². The van der Waals surface area contributed by atoms with Crippen LogP contribution in [0, 0.1) is 18.3 Å². The fourth-order valence-electron chi connectivity index (χ4n) is 3.12. The van der Waals surface area contributed by atoms with Gasteiger partial charge >= 0.3 is 0 Å². The molecule has 0 spiro atoms. The van der Waals surface area contributed by atoms with Crippen molar-refractivity contribution in [1.82, 2.24) is 10.2 Å². The van der Waals surface area contributed by atoms with Crippen LogP contribution in [0.25, 0.3) is 0 Å². The van der Waals surface area contributed by atoms with Crippen molar-refractivity contribution in [3.8, 4) is 18.1 Å². The average Bonchev–Trinajstić information content (AvgIpc) is 2.74. The summed E-state index contributed by atoms with van der Waals surface area (Å²) in [6.45, 7) is 7.17. The van der Waals surface area contributed by atoms with Gasteiger partial charge in [0.05, 0.1) is 12.1 Å². The third-order valence-electron chi connectivity index (χ3n) is 4.27.